The number of anilines is 1. The summed E-state index contributed by atoms with van der Waals surface area (Å²) in [5.41, 5.74) is -3.87. The molecule has 1 aromatic heterocycles. The highest BCUT2D eigenvalue weighted by Crippen LogP contribution is 2.55. The van der Waals surface area contributed by atoms with E-state index in [9.17, 15) is 32.3 Å². The lowest BCUT2D eigenvalue weighted by Gasteiger charge is -2.32. The Bertz CT molecular complexity index is 1030. The fourth-order valence-corrected chi connectivity index (χ4v) is 3.98. The van der Waals surface area contributed by atoms with E-state index in [2.05, 4.69) is 9.97 Å². The summed E-state index contributed by atoms with van der Waals surface area (Å²) in [5.74, 6) is -1.40. The molecule has 6 nitrogen and oxygen atoms in total. The van der Waals surface area contributed by atoms with Crippen LogP contribution in [-0.2, 0) is 21.8 Å². The lowest BCUT2D eigenvalue weighted by molar-refractivity contribution is -0.140. The fraction of sp³-hybridized carbons (Fsp3) is 0.455. The Balaban J connectivity index is 2.24. The van der Waals surface area contributed by atoms with Crippen LogP contribution in [0.3, 0.4) is 0 Å². The van der Waals surface area contributed by atoms with E-state index in [1.54, 1.807) is 20.8 Å². The average molecular weight is 453 g/mol. The van der Waals surface area contributed by atoms with Gasteiger partial charge in [-0.3, -0.25) is 4.90 Å². The molecule has 2 atom stereocenters. The number of carbonyl (C=O) groups excluding carboxylic acids is 1. The maximum absolute atomic E-state index is 14.0. The molecule has 1 aromatic carbocycles. The van der Waals surface area contributed by atoms with E-state index in [-0.39, 0.29) is 17.9 Å². The van der Waals surface area contributed by atoms with Crippen LogP contribution in [-0.4, -0.2) is 34.0 Å². The molecule has 1 amide bonds. The van der Waals surface area contributed by atoms with Gasteiger partial charge < -0.3 is 9.90 Å². The van der Waals surface area contributed by atoms with Crippen molar-refractivity contribution in [2.45, 2.75) is 51.1 Å². The van der Waals surface area contributed by atoms with Gasteiger partial charge in [0.15, 0.2) is 5.69 Å². The fourth-order valence-electron chi connectivity index (χ4n) is 3.98. The largest absolute Gasteiger partial charge is 0.465 e. The molecule has 1 aliphatic carbocycles. The summed E-state index contributed by atoms with van der Waals surface area (Å²) in [4.78, 5) is 32.1. The van der Waals surface area contributed by atoms with E-state index >= 15 is 0 Å². The van der Waals surface area contributed by atoms with Crippen molar-refractivity contribution in [2.75, 3.05) is 11.4 Å². The molecule has 10 heteroatoms. The zero-order valence-corrected chi connectivity index (χ0v) is 18.0. The number of benzene rings is 1. The number of aromatic nitrogens is 2. The number of rotatable bonds is 5. The van der Waals surface area contributed by atoms with E-state index in [1.807, 2.05) is 0 Å². The third kappa shape index (κ3) is 4.31. The number of carbonyl (C=O) groups is 2. The lowest BCUT2D eigenvalue weighted by atomic mass is 9.88. The summed E-state index contributed by atoms with van der Waals surface area (Å²) < 4.78 is 55.8. The van der Waals surface area contributed by atoms with Gasteiger partial charge in [0.05, 0.1) is 5.69 Å². The quantitative estimate of drug-likeness (QED) is 0.515. The van der Waals surface area contributed by atoms with E-state index in [1.165, 1.54) is 31.2 Å². The Labute approximate surface area is 182 Å². The Hall–Kier alpha value is -3.04. The van der Waals surface area contributed by atoms with Gasteiger partial charge in [-0.05, 0) is 31.0 Å². The van der Waals surface area contributed by atoms with Gasteiger partial charge in [-0.15, -0.1) is 0 Å². The Morgan fingerprint density at radius 3 is 2.34 bits per heavy atom. The molecular weight excluding hydrogens is 430 g/mol. The second-order valence-electron chi connectivity index (χ2n) is 9.05. The van der Waals surface area contributed by atoms with Crippen molar-refractivity contribution < 1.29 is 32.3 Å². The molecule has 0 aliphatic heterocycles. The normalized spacial score (nSPS) is 20.7. The van der Waals surface area contributed by atoms with Gasteiger partial charge >= 0.3 is 12.3 Å². The number of carboxylic acid groups (broad SMARTS) is 1. The summed E-state index contributed by atoms with van der Waals surface area (Å²) in [7, 11) is 0. The first kappa shape index (κ1) is 23.6. The highest BCUT2D eigenvalue weighted by Gasteiger charge is 2.58. The van der Waals surface area contributed by atoms with Crippen LogP contribution in [0.2, 0.25) is 0 Å². The topological polar surface area (TPSA) is 83.4 Å². The number of amides is 1. The van der Waals surface area contributed by atoms with E-state index in [0.717, 1.165) is 0 Å². The van der Waals surface area contributed by atoms with E-state index < -0.39 is 52.8 Å². The molecule has 1 fully saturated rings. The van der Waals surface area contributed by atoms with Crippen LogP contribution in [0.15, 0.2) is 24.3 Å². The average Bonchev–Trinajstić information content (AvgIpc) is 3.39. The van der Waals surface area contributed by atoms with Crippen molar-refractivity contribution in [2.24, 2.45) is 5.92 Å². The number of nitrogens with zero attached hydrogens (tertiary/aromatic N) is 3. The van der Waals surface area contributed by atoms with Crippen molar-refractivity contribution >= 4 is 18.1 Å². The number of halogens is 4. The molecule has 0 radical (unpaired) electrons. The molecule has 172 valence electrons. The molecule has 0 saturated heterocycles. The van der Waals surface area contributed by atoms with Crippen LogP contribution in [0.1, 0.15) is 50.0 Å². The van der Waals surface area contributed by atoms with Crippen molar-refractivity contribution in [3.05, 3.63) is 52.9 Å². The third-order valence-electron chi connectivity index (χ3n) is 5.61. The summed E-state index contributed by atoms with van der Waals surface area (Å²) >= 11 is 0. The lowest BCUT2D eigenvalue weighted by Crippen LogP contribution is -2.41. The molecule has 1 heterocycles. The predicted octanol–water partition coefficient (Wildman–Crippen LogP) is 4.88. The second kappa shape index (κ2) is 7.83. The first-order chi connectivity index (χ1) is 14.7. The Kier molecular flexibility index (Phi) is 5.78. The SMILES string of the molecule is Cc1nc(C(C)(C)C)c(N(C[C@@]2(c3cccc(F)c3)C[C@H]2C=O)C(=O)O)c(C(F)(F)F)n1. The number of hydrogen-bond acceptors (Lipinski definition) is 4. The van der Waals surface area contributed by atoms with Crippen LogP contribution in [0.5, 0.6) is 0 Å². The summed E-state index contributed by atoms with van der Waals surface area (Å²) in [5, 5.41) is 9.97. The standard InChI is InChI=1S/C22H23F4N3O3/c1-12-27-17(20(2,3)4)16(18(28-12)22(24,25)26)29(19(31)32)11-21(9-14(21)10-30)13-6-5-7-15(23)8-13/h5-8,10,14H,9,11H2,1-4H3,(H,31,32)/t14-,21+/m0/s1. The summed E-state index contributed by atoms with van der Waals surface area (Å²) in [6, 6.07) is 5.31. The van der Waals surface area contributed by atoms with Gasteiger partial charge in [0.1, 0.15) is 23.6 Å². The van der Waals surface area contributed by atoms with Crippen molar-refractivity contribution in [3.63, 3.8) is 0 Å². The molecule has 1 aliphatic rings. The molecular formula is C22H23F4N3O3. The van der Waals surface area contributed by atoms with Crippen LogP contribution in [0.25, 0.3) is 0 Å². The molecule has 0 bridgehead atoms. The van der Waals surface area contributed by atoms with Gasteiger partial charge in [0.2, 0.25) is 0 Å². The molecule has 32 heavy (non-hydrogen) atoms. The number of hydrogen-bond donors (Lipinski definition) is 1. The zero-order valence-electron chi connectivity index (χ0n) is 18.0. The number of alkyl halides is 3. The maximum Gasteiger partial charge on any atom is 0.435 e. The van der Waals surface area contributed by atoms with Crippen LogP contribution < -0.4 is 4.90 Å². The minimum absolute atomic E-state index is 0.0857. The summed E-state index contributed by atoms with van der Waals surface area (Å²) in [6.07, 6.45) is -5.80. The zero-order chi connectivity index (χ0) is 24.1. The predicted molar refractivity (Wildman–Crippen MR) is 108 cm³/mol. The smallest absolute Gasteiger partial charge is 0.435 e. The van der Waals surface area contributed by atoms with Crippen molar-refractivity contribution in [1.82, 2.24) is 9.97 Å². The van der Waals surface area contributed by atoms with E-state index in [0.29, 0.717) is 16.7 Å². The van der Waals surface area contributed by atoms with Crippen LogP contribution in [0.4, 0.5) is 28.0 Å². The van der Waals surface area contributed by atoms with Gasteiger partial charge in [-0.1, -0.05) is 32.9 Å². The Morgan fingerprint density at radius 1 is 1.25 bits per heavy atom. The first-order valence-electron chi connectivity index (χ1n) is 9.89. The van der Waals surface area contributed by atoms with E-state index in [4.69, 9.17) is 0 Å². The van der Waals surface area contributed by atoms with Crippen molar-refractivity contribution in [3.8, 4) is 0 Å². The molecule has 0 unspecified atom stereocenters. The van der Waals surface area contributed by atoms with Gasteiger partial charge in [0, 0.05) is 23.3 Å². The minimum atomic E-state index is -4.95. The molecule has 2 aromatic rings. The van der Waals surface area contributed by atoms with Crippen molar-refractivity contribution in [1.29, 1.82) is 0 Å². The molecule has 1 saturated carbocycles. The highest BCUT2D eigenvalue weighted by molar-refractivity contribution is 5.89. The van der Waals surface area contributed by atoms with Crippen LogP contribution in [0, 0.1) is 18.7 Å². The summed E-state index contributed by atoms with van der Waals surface area (Å²) in [6.45, 7) is 5.68. The maximum atomic E-state index is 14.0. The third-order valence-corrected chi connectivity index (χ3v) is 5.61. The monoisotopic (exact) mass is 453 g/mol. The minimum Gasteiger partial charge on any atom is -0.465 e. The van der Waals surface area contributed by atoms with Gasteiger partial charge in [-0.25, -0.2) is 19.2 Å². The molecule has 3 rings (SSSR count). The highest BCUT2D eigenvalue weighted by atomic mass is 19.4. The molecule has 1 N–H and O–H groups in total. The number of aryl methyl sites for hydroxylation is 1. The second-order valence-corrected chi connectivity index (χ2v) is 9.05. The van der Waals surface area contributed by atoms with Crippen LogP contribution >= 0.6 is 0 Å². The first-order valence-corrected chi connectivity index (χ1v) is 9.89. The Morgan fingerprint density at radius 2 is 1.88 bits per heavy atom. The molecule has 0 spiro atoms. The number of aldehydes is 1. The van der Waals surface area contributed by atoms with Gasteiger partial charge in [-0.2, -0.15) is 13.2 Å². The van der Waals surface area contributed by atoms with Gasteiger partial charge in [0.25, 0.3) is 0 Å².